The van der Waals surface area contributed by atoms with Crippen LogP contribution in [0.15, 0.2) is 42.7 Å². The summed E-state index contributed by atoms with van der Waals surface area (Å²) in [5.74, 6) is 0.310. The van der Waals surface area contributed by atoms with Gasteiger partial charge in [0.25, 0.3) is 11.8 Å². The molecule has 3 rings (SSSR count). The highest BCUT2D eigenvalue weighted by atomic mass is 16.5. The average Bonchev–Trinajstić information content (AvgIpc) is 2.79. The highest BCUT2D eigenvalue weighted by Crippen LogP contribution is 2.17. The third kappa shape index (κ3) is 5.10. The quantitative estimate of drug-likeness (QED) is 0.705. The van der Waals surface area contributed by atoms with E-state index in [4.69, 9.17) is 4.74 Å². The Morgan fingerprint density at radius 2 is 1.86 bits per heavy atom. The lowest BCUT2D eigenvalue weighted by Crippen LogP contribution is -2.48. The lowest BCUT2D eigenvalue weighted by atomic mass is 10.1. The van der Waals surface area contributed by atoms with Gasteiger partial charge in [0.05, 0.1) is 18.2 Å². The smallest absolute Gasteiger partial charge is 0.255 e. The van der Waals surface area contributed by atoms with Crippen LogP contribution in [0.3, 0.4) is 0 Å². The van der Waals surface area contributed by atoms with Gasteiger partial charge in [-0.1, -0.05) is 18.2 Å². The molecule has 0 saturated carbocycles. The molecule has 1 aliphatic heterocycles. The molecule has 1 aromatic heterocycles. The number of amides is 3. The van der Waals surface area contributed by atoms with Crippen LogP contribution in [0.5, 0.6) is 5.75 Å². The summed E-state index contributed by atoms with van der Waals surface area (Å²) in [5, 5.41) is 2.85. The maximum atomic E-state index is 12.7. The summed E-state index contributed by atoms with van der Waals surface area (Å²) in [6.45, 7) is 2.38. The molecular weight excluding hydrogens is 372 g/mol. The summed E-state index contributed by atoms with van der Waals surface area (Å²) >= 11 is 0. The number of nitrogens with zero attached hydrogens (tertiary/aromatic N) is 3. The van der Waals surface area contributed by atoms with Crippen LogP contribution < -0.4 is 10.1 Å². The SMILES string of the molecule is COc1ccccc1CCNC(=O)c1cncc(C(=O)N2CCN(C=O)CC2)c1. The maximum absolute atomic E-state index is 12.7. The van der Waals surface area contributed by atoms with Crippen molar-refractivity contribution in [3.8, 4) is 5.75 Å². The van der Waals surface area contributed by atoms with Crippen LogP contribution in [0.4, 0.5) is 0 Å². The number of carbonyl (C=O) groups excluding carboxylic acids is 3. The van der Waals surface area contributed by atoms with Crippen LogP contribution in [0.25, 0.3) is 0 Å². The molecule has 29 heavy (non-hydrogen) atoms. The molecule has 2 aromatic rings. The van der Waals surface area contributed by atoms with E-state index in [9.17, 15) is 14.4 Å². The van der Waals surface area contributed by atoms with Crippen LogP contribution in [0.2, 0.25) is 0 Å². The van der Waals surface area contributed by atoms with E-state index >= 15 is 0 Å². The lowest BCUT2D eigenvalue weighted by molar-refractivity contribution is -0.119. The van der Waals surface area contributed by atoms with Crippen molar-refractivity contribution >= 4 is 18.2 Å². The van der Waals surface area contributed by atoms with Gasteiger partial charge < -0.3 is 19.9 Å². The van der Waals surface area contributed by atoms with E-state index in [0.29, 0.717) is 50.3 Å². The van der Waals surface area contributed by atoms with Gasteiger partial charge >= 0.3 is 0 Å². The Hall–Kier alpha value is -3.42. The molecule has 1 aliphatic rings. The topological polar surface area (TPSA) is 91.8 Å². The van der Waals surface area contributed by atoms with Gasteiger partial charge in [0.15, 0.2) is 0 Å². The van der Waals surface area contributed by atoms with Gasteiger partial charge in [0, 0.05) is 45.1 Å². The first-order valence-electron chi connectivity index (χ1n) is 9.46. The van der Waals surface area contributed by atoms with E-state index in [-0.39, 0.29) is 11.8 Å². The van der Waals surface area contributed by atoms with Gasteiger partial charge in [-0.3, -0.25) is 19.4 Å². The van der Waals surface area contributed by atoms with Crippen molar-refractivity contribution in [2.24, 2.45) is 0 Å². The highest BCUT2D eigenvalue weighted by molar-refractivity contribution is 5.99. The van der Waals surface area contributed by atoms with Gasteiger partial charge in [-0.15, -0.1) is 0 Å². The third-order valence-corrected chi connectivity index (χ3v) is 4.87. The van der Waals surface area contributed by atoms with E-state index in [1.165, 1.54) is 12.4 Å². The fourth-order valence-corrected chi connectivity index (χ4v) is 3.22. The minimum absolute atomic E-state index is 0.188. The number of carbonyl (C=O) groups is 3. The van der Waals surface area contributed by atoms with Crippen LogP contribution in [-0.4, -0.2) is 72.8 Å². The summed E-state index contributed by atoms with van der Waals surface area (Å²) in [5.41, 5.74) is 1.70. The summed E-state index contributed by atoms with van der Waals surface area (Å²) in [6.07, 6.45) is 4.32. The second-order valence-electron chi connectivity index (χ2n) is 6.71. The number of para-hydroxylation sites is 1. The molecule has 0 spiro atoms. The number of aromatic nitrogens is 1. The number of nitrogens with one attached hydrogen (secondary N) is 1. The van der Waals surface area contributed by atoms with Gasteiger partial charge in [-0.2, -0.15) is 0 Å². The molecular formula is C21H24N4O4. The van der Waals surface area contributed by atoms with E-state index in [0.717, 1.165) is 17.7 Å². The molecule has 0 aliphatic carbocycles. The Morgan fingerprint density at radius 1 is 1.14 bits per heavy atom. The maximum Gasteiger partial charge on any atom is 0.255 e. The van der Waals surface area contributed by atoms with Crippen LogP contribution in [0, 0.1) is 0 Å². The van der Waals surface area contributed by atoms with Gasteiger partial charge in [-0.25, -0.2) is 0 Å². The monoisotopic (exact) mass is 396 g/mol. The van der Waals surface area contributed by atoms with Crippen molar-refractivity contribution in [1.82, 2.24) is 20.1 Å². The Bertz CT molecular complexity index is 878. The van der Waals surface area contributed by atoms with Gasteiger partial charge in [-0.05, 0) is 24.1 Å². The number of methoxy groups -OCH3 is 1. The molecule has 152 valence electrons. The Morgan fingerprint density at radius 3 is 2.59 bits per heavy atom. The Balaban J connectivity index is 1.58. The molecule has 1 N–H and O–H groups in total. The first-order valence-corrected chi connectivity index (χ1v) is 9.46. The van der Waals surface area contributed by atoms with E-state index in [1.54, 1.807) is 23.0 Å². The molecule has 0 unspecified atom stereocenters. The molecule has 2 heterocycles. The number of hydrogen-bond acceptors (Lipinski definition) is 5. The molecule has 8 nitrogen and oxygen atoms in total. The van der Waals surface area contributed by atoms with Crippen LogP contribution >= 0.6 is 0 Å². The predicted octanol–water partition coefficient (Wildman–Crippen LogP) is 0.977. The minimum Gasteiger partial charge on any atom is -0.496 e. The molecule has 0 bridgehead atoms. The molecule has 3 amide bonds. The molecule has 8 heteroatoms. The number of pyridine rings is 1. The van der Waals surface area contributed by atoms with Crippen LogP contribution in [0.1, 0.15) is 26.3 Å². The van der Waals surface area contributed by atoms with Crippen molar-refractivity contribution in [1.29, 1.82) is 0 Å². The Labute approximate surface area is 169 Å². The zero-order chi connectivity index (χ0) is 20.6. The average molecular weight is 396 g/mol. The number of hydrogen-bond donors (Lipinski definition) is 1. The third-order valence-electron chi connectivity index (χ3n) is 4.87. The van der Waals surface area contributed by atoms with Crippen molar-refractivity contribution in [2.75, 3.05) is 39.8 Å². The summed E-state index contributed by atoms with van der Waals surface area (Å²) in [7, 11) is 1.62. The summed E-state index contributed by atoms with van der Waals surface area (Å²) < 4.78 is 5.31. The molecule has 1 saturated heterocycles. The van der Waals surface area contributed by atoms with Crippen LogP contribution in [-0.2, 0) is 11.2 Å². The van der Waals surface area contributed by atoms with Crippen molar-refractivity contribution < 1.29 is 19.1 Å². The summed E-state index contributed by atoms with van der Waals surface area (Å²) in [4.78, 5) is 43.3. The first-order chi connectivity index (χ1) is 14.1. The van der Waals surface area contributed by atoms with Crippen molar-refractivity contribution in [3.63, 3.8) is 0 Å². The lowest BCUT2D eigenvalue weighted by Gasteiger charge is -2.32. The normalized spacial score (nSPS) is 13.7. The van der Waals surface area contributed by atoms with Crippen molar-refractivity contribution in [2.45, 2.75) is 6.42 Å². The number of ether oxygens (including phenoxy) is 1. The van der Waals surface area contributed by atoms with Gasteiger partial charge in [0.2, 0.25) is 6.41 Å². The zero-order valence-electron chi connectivity index (χ0n) is 16.3. The molecule has 1 fully saturated rings. The van der Waals surface area contributed by atoms with E-state index in [1.807, 2.05) is 24.3 Å². The highest BCUT2D eigenvalue weighted by Gasteiger charge is 2.22. The molecule has 0 atom stereocenters. The zero-order valence-corrected chi connectivity index (χ0v) is 16.3. The number of piperazine rings is 1. The standard InChI is InChI=1S/C21H24N4O4/c1-29-19-5-3-2-4-16(19)6-7-23-20(27)17-12-18(14-22-13-17)21(28)25-10-8-24(15-26)9-11-25/h2-5,12-15H,6-11H2,1H3,(H,23,27). The Kier molecular flexibility index (Phi) is 6.78. The van der Waals surface area contributed by atoms with Gasteiger partial charge in [0.1, 0.15) is 5.75 Å². The fraction of sp³-hybridized carbons (Fsp3) is 0.333. The summed E-state index contributed by atoms with van der Waals surface area (Å²) in [6, 6.07) is 9.21. The second kappa shape index (κ2) is 9.68. The van der Waals surface area contributed by atoms with Crippen molar-refractivity contribution in [3.05, 3.63) is 59.4 Å². The first kappa shape index (κ1) is 20.3. The number of benzene rings is 1. The van der Waals surface area contributed by atoms with E-state index < -0.39 is 0 Å². The number of rotatable bonds is 7. The van der Waals surface area contributed by atoms with E-state index in [2.05, 4.69) is 10.3 Å². The molecule has 0 radical (unpaired) electrons. The second-order valence-corrected chi connectivity index (χ2v) is 6.71. The minimum atomic E-state index is -0.284. The fourth-order valence-electron chi connectivity index (χ4n) is 3.22. The molecule has 1 aromatic carbocycles. The predicted molar refractivity (Wildman–Crippen MR) is 107 cm³/mol. The largest absolute Gasteiger partial charge is 0.496 e.